The molecule has 0 amide bonds. The summed E-state index contributed by atoms with van der Waals surface area (Å²) in [5, 5.41) is 1.21. The maximum Gasteiger partial charge on any atom is 0.197 e. The van der Waals surface area contributed by atoms with Gasteiger partial charge >= 0.3 is 0 Å². The van der Waals surface area contributed by atoms with Crippen molar-refractivity contribution in [2.24, 2.45) is 7.05 Å². The molecule has 1 aromatic carbocycles. The van der Waals surface area contributed by atoms with Crippen molar-refractivity contribution in [2.75, 3.05) is 0 Å². The Hall–Kier alpha value is -1.68. The van der Waals surface area contributed by atoms with Gasteiger partial charge in [0.25, 0.3) is 0 Å². The van der Waals surface area contributed by atoms with Crippen LogP contribution in [0.5, 0.6) is 0 Å². The molecule has 0 saturated carbocycles. The summed E-state index contributed by atoms with van der Waals surface area (Å²) in [6.07, 6.45) is 3.85. The standard InChI is InChI=1S/C13H10BrN3/c1-17-8-10(9-4-2-3-5-12(9)17)11-6-7-15-13(14)16-11/h2-8H,1H3. The zero-order valence-corrected chi connectivity index (χ0v) is 10.8. The van der Waals surface area contributed by atoms with Crippen molar-refractivity contribution in [3.63, 3.8) is 0 Å². The Labute approximate surface area is 107 Å². The first kappa shape index (κ1) is 10.5. The van der Waals surface area contributed by atoms with E-state index in [2.05, 4.69) is 48.8 Å². The van der Waals surface area contributed by atoms with E-state index >= 15 is 0 Å². The molecule has 84 valence electrons. The second-order valence-corrected chi connectivity index (χ2v) is 4.59. The number of rotatable bonds is 1. The van der Waals surface area contributed by atoms with E-state index in [0.29, 0.717) is 4.73 Å². The summed E-state index contributed by atoms with van der Waals surface area (Å²) in [5.41, 5.74) is 3.27. The largest absolute Gasteiger partial charge is 0.350 e. The summed E-state index contributed by atoms with van der Waals surface area (Å²) in [6, 6.07) is 10.2. The summed E-state index contributed by atoms with van der Waals surface area (Å²) in [7, 11) is 2.04. The fourth-order valence-electron chi connectivity index (χ4n) is 2.03. The van der Waals surface area contributed by atoms with Gasteiger partial charge in [-0.1, -0.05) is 18.2 Å². The van der Waals surface area contributed by atoms with E-state index in [9.17, 15) is 0 Å². The highest BCUT2D eigenvalue weighted by Crippen LogP contribution is 2.28. The molecule has 0 atom stereocenters. The summed E-state index contributed by atoms with van der Waals surface area (Å²) < 4.78 is 2.73. The molecule has 0 spiro atoms. The maximum absolute atomic E-state index is 4.40. The van der Waals surface area contributed by atoms with Crippen LogP contribution in [0.3, 0.4) is 0 Å². The number of aromatic nitrogens is 3. The van der Waals surface area contributed by atoms with Crippen LogP contribution in [0.15, 0.2) is 47.5 Å². The average molecular weight is 288 g/mol. The van der Waals surface area contributed by atoms with Gasteiger partial charge in [-0.25, -0.2) is 9.97 Å². The van der Waals surface area contributed by atoms with Gasteiger partial charge in [0.1, 0.15) is 0 Å². The number of aryl methyl sites for hydroxylation is 1. The second kappa shape index (κ2) is 3.96. The molecule has 2 aromatic heterocycles. The molecule has 0 aliphatic carbocycles. The monoisotopic (exact) mass is 287 g/mol. The molecular weight excluding hydrogens is 278 g/mol. The van der Waals surface area contributed by atoms with Crippen molar-refractivity contribution in [2.45, 2.75) is 0 Å². The molecule has 3 rings (SSSR count). The number of benzene rings is 1. The Morgan fingerprint density at radius 1 is 1.18 bits per heavy atom. The number of hydrogen-bond acceptors (Lipinski definition) is 2. The summed E-state index contributed by atoms with van der Waals surface area (Å²) in [5.74, 6) is 0. The highest BCUT2D eigenvalue weighted by atomic mass is 79.9. The molecule has 0 saturated heterocycles. The van der Waals surface area contributed by atoms with Crippen LogP contribution in [0.25, 0.3) is 22.2 Å². The van der Waals surface area contributed by atoms with Gasteiger partial charge in [-0.2, -0.15) is 0 Å². The van der Waals surface area contributed by atoms with E-state index in [1.807, 2.05) is 25.2 Å². The third kappa shape index (κ3) is 1.74. The highest BCUT2D eigenvalue weighted by molar-refractivity contribution is 9.10. The Morgan fingerprint density at radius 3 is 2.82 bits per heavy atom. The molecule has 0 bridgehead atoms. The minimum Gasteiger partial charge on any atom is -0.350 e. The lowest BCUT2D eigenvalue weighted by Gasteiger charge is -1.98. The SMILES string of the molecule is Cn1cc(-c2ccnc(Br)n2)c2ccccc21. The van der Waals surface area contributed by atoms with E-state index < -0.39 is 0 Å². The maximum atomic E-state index is 4.40. The quantitative estimate of drug-likeness (QED) is 0.642. The molecule has 0 unspecified atom stereocenters. The third-order valence-electron chi connectivity index (χ3n) is 2.80. The van der Waals surface area contributed by atoms with Crippen LogP contribution in [-0.4, -0.2) is 14.5 Å². The Bertz CT molecular complexity index is 688. The van der Waals surface area contributed by atoms with Crippen molar-refractivity contribution in [1.82, 2.24) is 14.5 Å². The molecule has 4 heteroatoms. The molecule has 3 aromatic rings. The van der Waals surface area contributed by atoms with Crippen LogP contribution in [0.1, 0.15) is 0 Å². The summed E-state index contributed by atoms with van der Waals surface area (Å²) in [4.78, 5) is 8.45. The van der Waals surface area contributed by atoms with Gasteiger partial charge < -0.3 is 4.57 Å². The molecule has 0 fully saturated rings. The Balaban J connectivity index is 2.31. The van der Waals surface area contributed by atoms with Crippen molar-refractivity contribution in [1.29, 1.82) is 0 Å². The molecule has 0 aliphatic heterocycles. The van der Waals surface area contributed by atoms with Crippen LogP contribution in [0.4, 0.5) is 0 Å². The topological polar surface area (TPSA) is 30.7 Å². The van der Waals surface area contributed by atoms with Crippen molar-refractivity contribution < 1.29 is 0 Å². The third-order valence-corrected chi connectivity index (χ3v) is 3.18. The van der Waals surface area contributed by atoms with Crippen LogP contribution >= 0.6 is 15.9 Å². The van der Waals surface area contributed by atoms with Gasteiger partial charge in [0.15, 0.2) is 4.73 Å². The Kier molecular flexibility index (Phi) is 2.44. The Morgan fingerprint density at radius 2 is 2.00 bits per heavy atom. The first-order valence-corrected chi connectivity index (χ1v) is 6.08. The number of hydrogen-bond donors (Lipinski definition) is 0. The van der Waals surface area contributed by atoms with E-state index in [4.69, 9.17) is 0 Å². The minimum absolute atomic E-state index is 0.614. The van der Waals surface area contributed by atoms with Gasteiger partial charge in [-0.05, 0) is 28.1 Å². The van der Waals surface area contributed by atoms with Gasteiger partial charge in [0.05, 0.1) is 5.69 Å². The lowest BCUT2D eigenvalue weighted by molar-refractivity contribution is 0.969. The van der Waals surface area contributed by atoms with E-state index in [1.54, 1.807) is 6.20 Å². The van der Waals surface area contributed by atoms with Crippen LogP contribution in [0, 0.1) is 0 Å². The van der Waals surface area contributed by atoms with Crippen LogP contribution in [0.2, 0.25) is 0 Å². The normalized spacial score (nSPS) is 10.9. The second-order valence-electron chi connectivity index (χ2n) is 3.88. The van der Waals surface area contributed by atoms with E-state index in [1.165, 1.54) is 10.9 Å². The lowest BCUT2D eigenvalue weighted by atomic mass is 10.1. The lowest BCUT2D eigenvalue weighted by Crippen LogP contribution is -1.85. The van der Waals surface area contributed by atoms with Crippen molar-refractivity contribution >= 4 is 26.8 Å². The van der Waals surface area contributed by atoms with Gasteiger partial charge in [0.2, 0.25) is 0 Å². The zero-order valence-electron chi connectivity index (χ0n) is 9.26. The van der Waals surface area contributed by atoms with Gasteiger partial charge in [-0.15, -0.1) is 0 Å². The number of halogens is 1. The fraction of sp³-hybridized carbons (Fsp3) is 0.0769. The van der Waals surface area contributed by atoms with E-state index in [0.717, 1.165) is 11.3 Å². The fourth-order valence-corrected chi connectivity index (χ4v) is 2.34. The number of fused-ring (bicyclic) bond motifs is 1. The minimum atomic E-state index is 0.614. The summed E-state index contributed by atoms with van der Waals surface area (Å²) >= 11 is 3.30. The molecule has 0 N–H and O–H groups in total. The van der Waals surface area contributed by atoms with Gasteiger partial charge in [-0.3, -0.25) is 0 Å². The smallest absolute Gasteiger partial charge is 0.197 e. The number of para-hydroxylation sites is 1. The average Bonchev–Trinajstić information content (AvgIpc) is 2.68. The van der Waals surface area contributed by atoms with Gasteiger partial charge in [0, 0.05) is 35.9 Å². The summed E-state index contributed by atoms with van der Waals surface area (Å²) in [6.45, 7) is 0. The highest BCUT2D eigenvalue weighted by Gasteiger charge is 2.09. The molecule has 3 nitrogen and oxygen atoms in total. The first-order chi connectivity index (χ1) is 8.25. The predicted molar refractivity (Wildman–Crippen MR) is 71.6 cm³/mol. The first-order valence-electron chi connectivity index (χ1n) is 5.29. The van der Waals surface area contributed by atoms with Crippen LogP contribution in [-0.2, 0) is 7.05 Å². The van der Waals surface area contributed by atoms with E-state index in [-0.39, 0.29) is 0 Å². The predicted octanol–water partition coefficient (Wildman–Crippen LogP) is 3.40. The number of nitrogens with zero attached hydrogens (tertiary/aromatic N) is 3. The zero-order chi connectivity index (χ0) is 11.8. The molecule has 17 heavy (non-hydrogen) atoms. The molecular formula is C13H10BrN3. The molecule has 0 aliphatic rings. The van der Waals surface area contributed by atoms with Crippen LogP contribution < -0.4 is 0 Å². The molecule has 2 heterocycles. The molecule has 0 radical (unpaired) electrons. The van der Waals surface area contributed by atoms with Crippen molar-refractivity contribution in [3.05, 3.63) is 47.5 Å². The van der Waals surface area contributed by atoms with Crippen molar-refractivity contribution in [3.8, 4) is 11.3 Å².